The molecule has 1 nitrogen and oxygen atoms in total. The van der Waals surface area contributed by atoms with Crippen molar-refractivity contribution in [3.8, 4) is 0 Å². The van der Waals surface area contributed by atoms with E-state index in [0.717, 1.165) is 12.5 Å². The molecule has 0 radical (unpaired) electrons. The van der Waals surface area contributed by atoms with Gasteiger partial charge in [-0.15, -0.1) is 0 Å². The van der Waals surface area contributed by atoms with Crippen molar-refractivity contribution in [3.63, 3.8) is 0 Å². The lowest BCUT2D eigenvalue weighted by Gasteiger charge is -2.25. The summed E-state index contributed by atoms with van der Waals surface area (Å²) in [5.74, 6) is 1.04. The predicted molar refractivity (Wildman–Crippen MR) is 62.4 cm³/mol. The van der Waals surface area contributed by atoms with Gasteiger partial charge in [-0.3, -0.25) is 0 Å². The molecule has 0 amide bonds. The molecule has 1 saturated carbocycles. The minimum atomic E-state index is 0.387. The first kappa shape index (κ1) is 11.4. The number of nitrogens with one attached hydrogen (secondary N) is 1. The van der Waals surface area contributed by atoms with Gasteiger partial charge < -0.3 is 5.32 Å². The minimum Gasteiger partial charge on any atom is -0.313 e. The van der Waals surface area contributed by atoms with Crippen molar-refractivity contribution in [2.75, 3.05) is 12.8 Å². The fraction of sp³-hybridized carbons (Fsp3) is 1.00. The van der Waals surface area contributed by atoms with Crippen molar-refractivity contribution < 1.29 is 0 Å². The second-order valence-electron chi connectivity index (χ2n) is 4.92. The highest BCUT2D eigenvalue weighted by Crippen LogP contribution is 2.33. The summed E-state index contributed by atoms with van der Waals surface area (Å²) < 4.78 is 0.387. The van der Waals surface area contributed by atoms with E-state index in [1.165, 1.54) is 19.3 Å². The van der Waals surface area contributed by atoms with Crippen LogP contribution in [0.2, 0.25) is 0 Å². The maximum absolute atomic E-state index is 3.62. The molecule has 0 spiro atoms. The van der Waals surface area contributed by atoms with E-state index in [2.05, 4.69) is 32.3 Å². The van der Waals surface area contributed by atoms with Crippen LogP contribution in [-0.4, -0.2) is 23.6 Å². The van der Waals surface area contributed by atoms with Gasteiger partial charge in [0.1, 0.15) is 0 Å². The van der Waals surface area contributed by atoms with Crippen LogP contribution in [0.15, 0.2) is 0 Å². The highest BCUT2D eigenvalue weighted by atomic mass is 32.2. The normalized spacial score (nSPS) is 20.3. The average molecular weight is 201 g/mol. The first-order valence-corrected chi connectivity index (χ1v) is 6.54. The molecule has 1 N–H and O–H groups in total. The van der Waals surface area contributed by atoms with Gasteiger partial charge in [0, 0.05) is 17.3 Å². The van der Waals surface area contributed by atoms with Crippen LogP contribution in [0.25, 0.3) is 0 Å². The molecule has 1 aliphatic carbocycles. The SMILES string of the molecule is CSC(C)(C)CNC(C)CC1CC1. The Bertz CT molecular complexity index is 152. The van der Waals surface area contributed by atoms with E-state index in [1.807, 2.05) is 11.8 Å². The molecule has 1 rings (SSSR count). The first-order chi connectivity index (χ1) is 6.03. The van der Waals surface area contributed by atoms with Gasteiger partial charge in [0.25, 0.3) is 0 Å². The molecule has 78 valence electrons. The van der Waals surface area contributed by atoms with Crippen LogP contribution in [0.3, 0.4) is 0 Å². The quantitative estimate of drug-likeness (QED) is 0.709. The van der Waals surface area contributed by atoms with Gasteiger partial charge in [0.05, 0.1) is 0 Å². The van der Waals surface area contributed by atoms with Gasteiger partial charge in [0.15, 0.2) is 0 Å². The Morgan fingerprint density at radius 3 is 2.54 bits per heavy atom. The third kappa shape index (κ3) is 4.92. The van der Waals surface area contributed by atoms with Crippen molar-refractivity contribution in [2.24, 2.45) is 5.92 Å². The summed E-state index contributed by atoms with van der Waals surface area (Å²) in [4.78, 5) is 0. The molecule has 2 heteroatoms. The molecule has 1 fully saturated rings. The Morgan fingerprint density at radius 2 is 2.08 bits per heavy atom. The topological polar surface area (TPSA) is 12.0 Å². The van der Waals surface area contributed by atoms with Crippen molar-refractivity contribution >= 4 is 11.8 Å². The maximum atomic E-state index is 3.62. The third-order valence-electron chi connectivity index (χ3n) is 2.81. The van der Waals surface area contributed by atoms with Crippen molar-refractivity contribution in [3.05, 3.63) is 0 Å². The Balaban J connectivity index is 2.09. The van der Waals surface area contributed by atoms with E-state index in [0.29, 0.717) is 10.8 Å². The van der Waals surface area contributed by atoms with E-state index in [1.54, 1.807) is 0 Å². The van der Waals surface area contributed by atoms with E-state index in [-0.39, 0.29) is 0 Å². The van der Waals surface area contributed by atoms with E-state index < -0.39 is 0 Å². The molecule has 1 aliphatic rings. The summed E-state index contributed by atoms with van der Waals surface area (Å²) in [6, 6.07) is 0.707. The smallest absolute Gasteiger partial charge is 0.0225 e. The molecule has 0 aliphatic heterocycles. The zero-order chi connectivity index (χ0) is 9.90. The molecule has 0 aromatic heterocycles. The fourth-order valence-electron chi connectivity index (χ4n) is 1.43. The van der Waals surface area contributed by atoms with Crippen molar-refractivity contribution in [1.82, 2.24) is 5.32 Å². The standard InChI is InChI=1S/C11H23NS/c1-9(7-10-5-6-10)12-8-11(2,3)13-4/h9-10,12H,5-8H2,1-4H3. The van der Waals surface area contributed by atoms with E-state index in [9.17, 15) is 0 Å². The zero-order valence-electron chi connectivity index (χ0n) is 9.39. The Morgan fingerprint density at radius 1 is 1.46 bits per heavy atom. The highest BCUT2D eigenvalue weighted by molar-refractivity contribution is 7.99. The maximum Gasteiger partial charge on any atom is 0.0225 e. The monoisotopic (exact) mass is 201 g/mol. The van der Waals surface area contributed by atoms with Gasteiger partial charge in [-0.05, 0) is 39.4 Å². The number of hydrogen-bond donors (Lipinski definition) is 1. The van der Waals surface area contributed by atoms with Crippen LogP contribution in [0, 0.1) is 5.92 Å². The molecular weight excluding hydrogens is 178 g/mol. The number of thioether (sulfide) groups is 1. The molecule has 0 aromatic carbocycles. The van der Waals surface area contributed by atoms with Crippen LogP contribution < -0.4 is 5.32 Å². The summed E-state index contributed by atoms with van der Waals surface area (Å²) in [5, 5.41) is 3.62. The molecule has 0 bridgehead atoms. The summed E-state index contributed by atoms with van der Waals surface area (Å²) in [6.45, 7) is 8.04. The summed E-state index contributed by atoms with van der Waals surface area (Å²) in [5.41, 5.74) is 0. The van der Waals surface area contributed by atoms with Crippen LogP contribution >= 0.6 is 11.8 Å². The van der Waals surface area contributed by atoms with Crippen molar-refractivity contribution in [2.45, 2.75) is 50.8 Å². The fourth-order valence-corrected chi connectivity index (χ4v) is 1.66. The molecular formula is C11H23NS. The summed E-state index contributed by atoms with van der Waals surface area (Å²) in [7, 11) is 0. The molecule has 1 unspecified atom stereocenters. The van der Waals surface area contributed by atoms with E-state index >= 15 is 0 Å². The van der Waals surface area contributed by atoms with Gasteiger partial charge >= 0.3 is 0 Å². The minimum absolute atomic E-state index is 0.387. The molecule has 0 saturated heterocycles. The third-order valence-corrected chi connectivity index (χ3v) is 4.06. The number of hydrogen-bond acceptors (Lipinski definition) is 2. The number of rotatable bonds is 6. The van der Waals surface area contributed by atoms with Gasteiger partial charge in [-0.1, -0.05) is 12.8 Å². The molecule has 1 atom stereocenters. The largest absolute Gasteiger partial charge is 0.313 e. The Hall–Kier alpha value is 0.310. The lowest BCUT2D eigenvalue weighted by molar-refractivity contribution is 0.463. The zero-order valence-corrected chi connectivity index (χ0v) is 10.2. The van der Waals surface area contributed by atoms with Gasteiger partial charge in [0.2, 0.25) is 0 Å². The lowest BCUT2D eigenvalue weighted by Crippen LogP contribution is -2.37. The van der Waals surface area contributed by atoms with Crippen LogP contribution in [0.4, 0.5) is 0 Å². The lowest BCUT2D eigenvalue weighted by atomic mass is 10.1. The average Bonchev–Trinajstić information content (AvgIpc) is 2.85. The van der Waals surface area contributed by atoms with Gasteiger partial charge in [-0.2, -0.15) is 11.8 Å². The van der Waals surface area contributed by atoms with Crippen molar-refractivity contribution in [1.29, 1.82) is 0 Å². The van der Waals surface area contributed by atoms with Crippen LogP contribution in [-0.2, 0) is 0 Å². The molecule has 0 heterocycles. The molecule has 0 aromatic rings. The van der Waals surface area contributed by atoms with E-state index in [4.69, 9.17) is 0 Å². The molecule has 13 heavy (non-hydrogen) atoms. The Labute approximate surface area is 87.1 Å². The Kier molecular flexibility index (Phi) is 4.11. The summed E-state index contributed by atoms with van der Waals surface area (Å²) in [6.07, 6.45) is 6.51. The van der Waals surface area contributed by atoms with Gasteiger partial charge in [-0.25, -0.2) is 0 Å². The second kappa shape index (κ2) is 4.70. The first-order valence-electron chi connectivity index (χ1n) is 5.32. The highest BCUT2D eigenvalue weighted by Gasteiger charge is 2.24. The predicted octanol–water partition coefficient (Wildman–Crippen LogP) is 2.91. The summed E-state index contributed by atoms with van der Waals surface area (Å²) >= 11 is 1.94. The van der Waals surface area contributed by atoms with Crippen LogP contribution in [0.5, 0.6) is 0 Å². The van der Waals surface area contributed by atoms with Crippen LogP contribution in [0.1, 0.15) is 40.0 Å². The second-order valence-corrected chi connectivity index (χ2v) is 6.44.